The molecule has 5 nitrogen and oxygen atoms in total. The first-order valence-electron chi connectivity index (χ1n) is 5.58. The van der Waals surface area contributed by atoms with Crippen molar-refractivity contribution in [3.63, 3.8) is 0 Å². The zero-order valence-corrected chi connectivity index (χ0v) is 10.0. The van der Waals surface area contributed by atoms with Gasteiger partial charge >= 0.3 is 0 Å². The van der Waals surface area contributed by atoms with Gasteiger partial charge in [0.1, 0.15) is 6.61 Å². The first-order valence-corrected chi connectivity index (χ1v) is 5.58. The lowest BCUT2D eigenvalue weighted by Gasteiger charge is -2.06. The molecule has 16 heavy (non-hydrogen) atoms. The van der Waals surface area contributed by atoms with Crippen LogP contribution in [0.3, 0.4) is 0 Å². The van der Waals surface area contributed by atoms with Gasteiger partial charge in [0, 0.05) is 6.54 Å². The summed E-state index contributed by atoms with van der Waals surface area (Å²) < 4.78 is 20.7. The maximum Gasteiger partial charge on any atom is 0.111 e. The van der Waals surface area contributed by atoms with E-state index in [0.29, 0.717) is 52.8 Å². The van der Waals surface area contributed by atoms with Crippen LogP contribution in [0.5, 0.6) is 0 Å². The minimum atomic E-state index is 0.551. The number of hydrogen-bond donors (Lipinski definition) is 1. The molecule has 0 bridgehead atoms. The third kappa shape index (κ3) is 13.4. The van der Waals surface area contributed by atoms with Gasteiger partial charge in [-0.2, -0.15) is 0 Å². The van der Waals surface area contributed by atoms with Crippen LogP contribution in [0.4, 0.5) is 0 Å². The van der Waals surface area contributed by atoms with E-state index in [1.54, 1.807) is 6.26 Å². The topological polar surface area (TPSA) is 62.9 Å². The molecule has 0 amide bonds. The van der Waals surface area contributed by atoms with Crippen LogP contribution in [0.15, 0.2) is 12.3 Å². The maximum atomic E-state index is 5.26. The molecule has 0 saturated heterocycles. The number of allylic oxidation sites excluding steroid dienone is 1. The molecule has 0 atom stereocenters. The molecule has 0 aliphatic carbocycles. The van der Waals surface area contributed by atoms with Crippen LogP contribution < -0.4 is 5.73 Å². The highest BCUT2D eigenvalue weighted by atomic mass is 16.6. The molecule has 0 unspecified atom stereocenters. The molecular formula is C11H23NO4. The third-order valence-corrected chi connectivity index (χ3v) is 1.58. The van der Waals surface area contributed by atoms with Crippen molar-refractivity contribution in [2.24, 2.45) is 5.73 Å². The molecule has 0 fully saturated rings. The van der Waals surface area contributed by atoms with Gasteiger partial charge in [-0.15, -0.1) is 0 Å². The summed E-state index contributed by atoms with van der Waals surface area (Å²) in [4.78, 5) is 0. The van der Waals surface area contributed by atoms with Gasteiger partial charge in [0.25, 0.3) is 0 Å². The van der Waals surface area contributed by atoms with Crippen LogP contribution in [-0.2, 0) is 18.9 Å². The standard InChI is InChI=1S/C11H23NO4/c1-2-4-13-6-8-15-10-11-16-9-7-14-5-3-12/h2,4H,3,5-12H2,1H3. The number of hydrogen-bond acceptors (Lipinski definition) is 5. The van der Waals surface area contributed by atoms with Gasteiger partial charge in [-0.1, -0.05) is 6.08 Å². The van der Waals surface area contributed by atoms with Crippen LogP contribution in [-0.4, -0.2) is 52.8 Å². The molecule has 0 rings (SSSR count). The molecule has 0 radical (unpaired) electrons. The molecule has 0 aliphatic heterocycles. The lowest BCUT2D eigenvalue weighted by Crippen LogP contribution is -2.14. The maximum absolute atomic E-state index is 5.26. The van der Waals surface area contributed by atoms with Crippen LogP contribution in [0.1, 0.15) is 6.92 Å². The fraction of sp³-hybridized carbons (Fsp3) is 0.818. The monoisotopic (exact) mass is 233 g/mol. The Morgan fingerprint density at radius 3 is 1.81 bits per heavy atom. The summed E-state index contributed by atoms with van der Waals surface area (Å²) in [7, 11) is 0. The van der Waals surface area contributed by atoms with E-state index in [4.69, 9.17) is 24.7 Å². The Kier molecular flexibility index (Phi) is 13.8. The van der Waals surface area contributed by atoms with E-state index in [2.05, 4.69) is 0 Å². The van der Waals surface area contributed by atoms with Gasteiger partial charge < -0.3 is 24.7 Å². The van der Waals surface area contributed by atoms with Gasteiger partial charge in [-0.25, -0.2) is 0 Å². The summed E-state index contributed by atoms with van der Waals surface area (Å²) >= 11 is 0. The van der Waals surface area contributed by atoms with Crippen molar-refractivity contribution in [2.45, 2.75) is 6.92 Å². The quantitative estimate of drug-likeness (QED) is 0.394. The number of nitrogens with two attached hydrogens (primary N) is 1. The van der Waals surface area contributed by atoms with Crippen LogP contribution in [0.25, 0.3) is 0 Å². The number of rotatable bonds is 12. The van der Waals surface area contributed by atoms with Gasteiger partial charge in [0.05, 0.1) is 45.9 Å². The van der Waals surface area contributed by atoms with E-state index in [1.165, 1.54) is 0 Å². The fourth-order valence-electron chi connectivity index (χ4n) is 0.897. The summed E-state index contributed by atoms with van der Waals surface area (Å²) in [5, 5.41) is 0. The Morgan fingerprint density at radius 2 is 1.31 bits per heavy atom. The first-order chi connectivity index (χ1) is 7.91. The van der Waals surface area contributed by atoms with E-state index < -0.39 is 0 Å². The number of ether oxygens (including phenoxy) is 4. The zero-order chi connectivity index (χ0) is 11.9. The predicted molar refractivity (Wildman–Crippen MR) is 62.3 cm³/mol. The Labute approximate surface area is 97.5 Å². The predicted octanol–water partition coefficient (Wildman–Crippen LogP) is 0.545. The molecule has 2 N–H and O–H groups in total. The van der Waals surface area contributed by atoms with Gasteiger partial charge in [-0.05, 0) is 6.92 Å². The normalized spacial score (nSPS) is 11.1. The smallest absolute Gasteiger partial charge is 0.111 e. The second-order valence-corrected chi connectivity index (χ2v) is 2.97. The largest absolute Gasteiger partial charge is 0.499 e. The molecule has 0 aliphatic rings. The van der Waals surface area contributed by atoms with E-state index >= 15 is 0 Å². The summed E-state index contributed by atoms with van der Waals surface area (Å²) in [6, 6.07) is 0. The first kappa shape index (κ1) is 15.4. The van der Waals surface area contributed by atoms with Crippen molar-refractivity contribution < 1.29 is 18.9 Å². The molecule has 0 aromatic heterocycles. The summed E-state index contributed by atoms with van der Waals surface area (Å²) in [5.41, 5.74) is 5.26. The third-order valence-electron chi connectivity index (χ3n) is 1.58. The second kappa shape index (κ2) is 14.4. The Morgan fingerprint density at radius 1 is 0.812 bits per heavy atom. The van der Waals surface area contributed by atoms with Crippen molar-refractivity contribution in [3.05, 3.63) is 12.3 Å². The SMILES string of the molecule is CC=COCCOCCOCCOCCN. The molecule has 0 saturated carbocycles. The Balaban J connectivity index is 2.88. The zero-order valence-electron chi connectivity index (χ0n) is 10.0. The molecule has 0 aromatic carbocycles. The van der Waals surface area contributed by atoms with Gasteiger partial charge in [0.2, 0.25) is 0 Å². The minimum Gasteiger partial charge on any atom is -0.499 e. The van der Waals surface area contributed by atoms with Crippen molar-refractivity contribution >= 4 is 0 Å². The van der Waals surface area contributed by atoms with E-state index in [-0.39, 0.29) is 0 Å². The Hall–Kier alpha value is -0.620. The second-order valence-electron chi connectivity index (χ2n) is 2.97. The van der Waals surface area contributed by atoms with Crippen LogP contribution >= 0.6 is 0 Å². The van der Waals surface area contributed by atoms with Crippen molar-refractivity contribution in [1.29, 1.82) is 0 Å². The summed E-state index contributed by atoms with van der Waals surface area (Å²) in [6.07, 6.45) is 3.49. The highest BCUT2D eigenvalue weighted by Crippen LogP contribution is 1.82. The van der Waals surface area contributed by atoms with E-state index in [0.717, 1.165) is 0 Å². The van der Waals surface area contributed by atoms with E-state index in [1.807, 2.05) is 13.0 Å². The van der Waals surface area contributed by atoms with Crippen LogP contribution in [0, 0.1) is 0 Å². The minimum absolute atomic E-state index is 0.551. The Bertz CT molecular complexity index is 153. The average molecular weight is 233 g/mol. The molecule has 0 heterocycles. The van der Waals surface area contributed by atoms with Crippen molar-refractivity contribution in [2.75, 3.05) is 52.8 Å². The lowest BCUT2D eigenvalue weighted by molar-refractivity contribution is 0.00764. The highest BCUT2D eigenvalue weighted by molar-refractivity contribution is 4.64. The van der Waals surface area contributed by atoms with E-state index in [9.17, 15) is 0 Å². The highest BCUT2D eigenvalue weighted by Gasteiger charge is 1.90. The molecular weight excluding hydrogens is 210 g/mol. The molecule has 96 valence electrons. The molecule has 5 heteroatoms. The molecule has 0 spiro atoms. The fourth-order valence-corrected chi connectivity index (χ4v) is 0.897. The molecule has 0 aromatic rings. The van der Waals surface area contributed by atoms with Crippen molar-refractivity contribution in [3.8, 4) is 0 Å². The summed E-state index contributed by atoms with van der Waals surface area (Å²) in [5.74, 6) is 0. The summed E-state index contributed by atoms with van der Waals surface area (Å²) in [6.45, 7) is 6.52. The van der Waals surface area contributed by atoms with Gasteiger partial charge in [0.15, 0.2) is 0 Å². The van der Waals surface area contributed by atoms with Gasteiger partial charge in [-0.3, -0.25) is 0 Å². The average Bonchev–Trinajstić information content (AvgIpc) is 2.31. The van der Waals surface area contributed by atoms with Crippen molar-refractivity contribution in [1.82, 2.24) is 0 Å². The lowest BCUT2D eigenvalue weighted by atomic mass is 10.7. The van der Waals surface area contributed by atoms with Crippen LogP contribution in [0.2, 0.25) is 0 Å².